The third kappa shape index (κ3) is 2.23. The van der Waals surface area contributed by atoms with Crippen LogP contribution in [0.4, 0.5) is 0 Å². The van der Waals surface area contributed by atoms with Crippen LogP contribution in [0.15, 0.2) is 30.3 Å². The molecule has 0 saturated carbocycles. The van der Waals surface area contributed by atoms with Crippen LogP contribution in [-0.4, -0.2) is 12.3 Å². The van der Waals surface area contributed by atoms with E-state index >= 15 is 0 Å². The van der Waals surface area contributed by atoms with Gasteiger partial charge >= 0.3 is 0 Å². The molecule has 1 heterocycles. The van der Waals surface area contributed by atoms with Crippen molar-refractivity contribution in [2.45, 2.75) is 46.1 Å². The molecule has 1 aliphatic heterocycles. The third-order valence-electron chi connectivity index (χ3n) is 4.81. The summed E-state index contributed by atoms with van der Waals surface area (Å²) in [5.74, 6) is 0.457. The summed E-state index contributed by atoms with van der Waals surface area (Å²) < 4.78 is 0. The van der Waals surface area contributed by atoms with E-state index in [0.29, 0.717) is 5.78 Å². The van der Waals surface area contributed by atoms with E-state index in [1.807, 2.05) is 19.9 Å². The number of hydrogen-bond acceptors (Lipinski definition) is 1. The molecule has 2 rings (SSSR count). The average molecular weight is 260 g/mol. The number of quaternary nitrogens is 1. The molecular weight excluding hydrogens is 234 g/mol. The van der Waals surface area contributed by atoms with Crippen LogP contribution in [0, 0.1) is 11.3 Å². The molecule has 0 spiro atoms. The molecule has 1 aromatic carbocycles. The fourth-order valence-electron chi connectivity index (χ4n) is 3.70. The normalized spacial score (nSPS) is 23.8. The fourth-order valence-corrected chi connectivity index (χ4v) is 3.70. The van der Waals surface area contributed by atoms with Crippen molar-refractivity contribution >= 4 is 5.78 Å². The lowest BCUT2D eigenvalue weighted by Gasteiger charge is -2.41. The van der Waals surface area contributed by atoms with Gasteiger partial charge in [-0.05, 0) is 13.8 Å². The predicted molar refractivity (Wildman–Crippen MR) is 77.8 cm³/mol. The standard InChI is InChI=1S/C17H25NO/c1-13(2)15(19)16(3,4)17(11-8-12-18-17)14-9-6-5-7-10-14/h5-7,9-10,13,18H,8,11-12H2,1-4H3/p+1. The lowest BCUT2D eigenvalue weighted by molar-refractivity contribution is -0.729. The van der Waals surface area contributed by atoms with Crippen molar-refractivity contribution in [2.75, 3.05) is 6.54 Å². The largest absolute Gasteiger partial charge is 0.337 e. The van der Waals surface area contributed by atoms with Gasteiger partial charge in [-0.15, -0.1) is 0 Å². The van der Waals surface area contributed by atoms with E-state index < -0.39 is 0 Å². The Morgan fingerprint density at radius 2 is 1.89 bits per heavy atom. The lowest BCUT2D eigenvalue weighted by Crippen LogP contribution is -2.95. The number of carbonyl (C=O) groups is 1. The zero-order chi connectivity index (χ0) is 14.1. The Hall–Kier alpha value is -1.15. The van der Waals surface area contributed by atoms with Gasteiger partial charge in [-0.3, -0.25) is 4.79 Å². The Bertz CT molecular complexity index is 442. The van der Waals surface area contributed by atoms with Crippen molar-refractivity contribution < 1.29 is 10.1 Å². The van der Waals surface area contributed by atoms with E-state index in [9.17, 15) is 4.79 Å². The highest BCUT2D eigenvalue weighted by Gasteiger charge is 2.56. The van der Waals surface area contributed by atoms with Crippen LogP contribution in [0.25, 0.3) is 0 Å². The number of hydrogen-bond donors (Lipinski definition) is 1. The molecule has 0 aliphatic carbocycles. The SMILES string of the molecule is CC(C)C(=O)C(C)(C)C1(c2ccccc2)CCC[NH2+]1. The van der Waals surface area contributed by atoms with E-state index in [2.05, 4.69) is 43.4 Å². The summed E-state index contributed by atoms with van der Waals surface area (Å²) in [7, 11) is 0. The second-order valence-electron chi connectivity index (χ2n) is 6.58. The van der Waals surface area contributed by atoms with Gasteiger partial charge in [0.15, 0.2) is 0 Å². The van der Waals surface area contributed by atoms with Gasteiger partial charge in [-0.1, -0.05) is 44.2 Å². The molecule has 1 fully saturated rings. The molecular formula is C17H26NO+. The Morgan fingerprint density at radius 3 is 2.37 bits per heavy atom. The Morgan fingerprint density at radius 1 is 1.26 bits per heavy atom. The maximum absolute atomic E-state index is 12.7. The molecule has 104 valence electrons. The summed E-state index contributed by atoms with van der Waals surface area (Å²) in [5, 5.41) is 2.39. The van der Waals surface area contributed by atoms with Crippen molar-refractivity contribution in [3.8, 4) is 0 Å². The van der Waals surface area contributed by atoms with Crippen LogP contribution < -0.4 is 5.32 Å². The van der Waals surface area contributed by atoms with Crippen LogP contribution in [-0.2, 0) is 10.3 Å². The Balaban J connectivity index is 2.49. The van der Waals surface area contributed by atoms with Gasteiger partial charge in [0.2, 0.25) is 0 Å². The number of carbonyl (C=O) groups excluding carboxylic acids is 1. The molecule has 2 N–H and O–H groups in total. The van der Waals surface area contributed by atoms with Gasteiger partial charge in [0.25, 0.3) is 0 Å². The molecule has 0 radical (unpaired) electrons. The first-order valence-corrected chi connectivity index (χ1v) is 7.36. The molecule has 1 unspecified atom stereocenters. The number of ketones is 1. The van der Waals surface area contributed by atoms with Gasteiger partial charge in [-0.2, -0.15) is 0 Å². The summed E-state index contributed by atoms with van der Waals surface area (Å²) in [4.78, 5) is 12.7. The van der Waals surface area contributed by atoms with E-state index in [4.69, 9.17) is 0 Å². The highest BCUT2D eigenvalue weighted by Crippen LogP contribution is 2.43. The van der Waals surface area contributed by atoms with E-state index in [0.717, 1.165) is 13.0 Å². The summed E-state index contributed by atoms with van der Waals surface area (Å²) in [6, 6.07) is 10.6. The molecule has 0 amide bonds. The molecule has 1 aromatic rings. The minimum atomic E-state index is -0.334. The highest BCUT2D eigenvalue weighted by molar-refractivity contribution is 5.87. The molecule has 1 saturated heterocycles. The van der Waals surface area contributed by atoms with Crippen molar-refractivity contribution in [3.63, 3.8) is 0 Å². The minimum Gasteiger partial charge on any atom is -0.337 e. The van der Waals surface area contributed by atoms with Gasteiger partial charge in [0, 0.05) is 24.3 Å². The Labute approximate surface area is 116 Å². The van der Waals surface area contributed by atoms with Crippen molar-refractivity contribution in [3.05, 3.63) is 35.9 Å². The zero-order valence-electron chi connectivity index (χ0n) is 12.6. The minimum absolute atomic E-state index is 0.0876. The van der Waals surface area contributed by atoms with Gasteiger partial charge in [0.1, 0.15) is 11.3 Å². The molecule has 1 atom stereocenters. The first-order valence-electron chi connectivity index (χ1n) is 7.36. The maximum atomic E-state index is 12.7. The summed E-state index contributed by atoms with van der Waals surface area (Å²) in [6.07, 6.45) is 2.27. The van der Waals surface area contributed by atoms with Crippen LogP contribution in [0.1, 0.15) is 46.1 Å². The quantitative estimate of drug-likeness (QED) is 0.886. The number of benzene rings is 1. The maximum Gasteiger partial charge on any atom is 0.147 e. The van der Waals surface area contributed by atoms with Crippen LogP contribution in [0.5, 0.6) is 0 Å². The summed E-state index contributed by atoms with van der Waals surface area (Å²) >= 11 is 0. The Kier molecular flexibility index (Phi) is 3.82. The van der Waals surface area contributed by atoms with Crippen molar-refractivity contribution in [1.82, 2.24) is 0 Å². The third-order valence-corrected chi connectivity index (χ3v) is 4.81. The fraction of sp³-hybridized carbons (Fsp3) is 0.588. The van der Waals surface area contributed by atoms with Gasteiger partial charge in [-0.25, -0.2) is 0 Å². The summed E-state index contributed by atoms with van der Waals surface area (Å²) in [6.45, 7) is 9.40. The molecule has 2 heteroatoms. The van der Waals surface area contributed by atoms with E-state index in [1.54, 1.807) is 0 Å². The van der Waals surface area contributed by atoms with Crippen molar-refractivity contribution in [2.24, 2.45) is 11.3 Å². The van der Waals surface area contributed by atoms with Crippen LogP contribution >= 0.6 is 0 Å². The second kappa shape index (κ2) is 5.09. The van der Waals surface area contributed by atoms with Gasteiger partial charge < -0.3 is 5.32 Å². The van der Waals surface area contributed by atoms with E-state index in [-0.39, 0.29) is 16.9 Å². The van der Waals surface area contributed by atoms with Gasteiger partial charge in [0.05, 0.1) is 12.0 Å². The molecule has 1 aliphatic rings. The smallest absolute Gasteiger partial charge is 0.147 e. The number of rotatable bonds is 4. The lowest BCUT2D eigenvalue weighted by atomic mass is 9.63. The molecule has 2 nitrogen and oxygen atoms in total. The highest BCUT2D eigenvalue weighted by atomic mass is 16.1. The van der Waals surface area contributed by atoms with Crippen molar-refractivity contribution in [1.29, 1.82) is 0 Å². The van der Waals surface area contributed by atoms with Crippen LogP contribution in [0.3, 0.4) is 0 Å². The molecule has 19 heavy (non-hydrogen) atoms. The second-order valence-corrected chi connectivity index (χ2v) is 6.58. The predicted octanol–water partition coefficient (Wildman–Crippen LogP) is 2.49. The first-order chi connectivity index (χ1) is 8.92. The van der Waals surface area contributed by atoms with Crippen LogP contribution in [0.2, 0.25) is 0 Å². The first kappa shape index (κ1) is 14.3. The monoisotopic (exact) mass is 260 g/mol. The molecule has 0 bridgehead atoms. The number of nitrogens with two attached hydrogens (primary N) is 1. The van der Waals surface area contributed by atoms with E-state index in [1.165, 1.54) is 12.0 Å². The topological polar surface area (TPSA) is 33.7 Å². The summed E-state index contributed by atoms with van der Waals surface area (Å²) in [5.41, 5.74) is 0.876. The zero-order valence-corrected chi connectivity index (χ0v) is 12.6. The number of Topliss-reactive ketones (excluding diaryl/α,β-unsaturated/α-hetero) is 1. The average Bonchev–Trinajstić information content (AvgIpc) is 2.89. The molecule has 0 aromatic heterocycles.